The van der Waals surface area contributed by atoms with E-state index < -0.39 is 6.10 Å². The predicted molar refractivity (Wildman–Crippen MR) is 91.7 cm³/mol. The number of aromatic nitrogens is 2. The lowest BCUT2D eigenvalue weighted by molar-refractivity contribution is 0.0902. The van der Waals surface area contributed by atoms with Crippen LogP contribution in [0.5, 0.6) is 0 Å². The SMILES string of the molecule is CCc1c(C(=O)NC(C)CC(O)c2ccco2)cnn1CC(C)C. The number of carbonyl (C=O) groups excluding carboxylic acids is 1. The zero-order chi connectivity index (χ0) is 17.7. The number of carbonyl (C=O) groups is 1. The molecule has 0 saturated heterocycles. The molecule has 0 bridgehead atoms. The largest absolute Gasteiger partial charge is 0.467 e. The first kappa shape index (κ1) is 18.3. The predicted octanol–water partition coefficient (Wildman–Crippen LogP) is 2.94. The molecule has 2 rings (SSSR count). The summed E-state index contributed by atoms with van der Waals surface area (Å²) in [5.74, 6) is 0.824. The van der Waals surface area contributed by atoms with E-state index in [0.29, 0.717) is 23.7 Å². The molecule has 2 atom stereocenters. The van der Waals surface area contributed by atoms with Crippen molar-refractivity contribution >= 4 is 5.91 Å². The van der Waals surface area contributed by atoms with Crippen LogP contribution in [-0.4, -0.2) is 26.8 Å². The van der Waals surface area contributed by atoms with Gasteiger partial charge in [-0.1, -0.05) is 20.8 Å². The van der Waals surface area contributed by atoms with Crippen molar-refractivity contribution < 1.29 is 14.3 Å². The van der Waals surface area contributed by atoms with Crippen LogP contribution in [0.15, 0.2) is 29.0 Å². The van der Waals surface area contributed by atoms with Crippen LogP contribution in [-0.2, 0) is 13.0 Å². The van der Waals surface area contributed by atoms with Crippen LogP contribution in [0.25, 0.3) is 0 Å². The standard InChI is InChI=1S/C18H27N3O3/c1-5-15-14(10-19-21(15)11-12(2)3)18(23)20-13(4)9-16(22)17-7-6-8-24-17/h6-8,10,12-13,16,22H,5,9,11H2,1-4H3,(H,20,23). The van der Waals surface area contributed by atoms with Gasteiger partial charge in [0.25, 0.3) is 5.91 Å². The Labute approximate surface area is 142 Å². The van der Waals surface area contributed by atoms with Gasteiger partial charge in [-0.25, -0.2) is 0 Å². The van der Waals surface area contributed by atoms with Gasteiger partial charge in [-0.05, 0) is 31.4 Å². The lowest BCUT2D eigenvalue weighted by Gasteiger charge is -2.17. The fraction of sp³-hybridized carbons (Fsp3) is 0.556. The zero-order valence-corrected chi connectivity index (χ0v) is 14.8. The molecule has 2 aromatic heterocycles. The number of aliphatic hydroxyl groups excluding tert-OH is 1. The topological polar surface area (TPSA) is 80.3 Å². The lowest BCUT2D eigenvalue weighted by atomic mass is 10.1. The van der Waals surface area contributed by atoms with Crippen LogP contribution in [0.4, 0.5) is 0 Å². The summed E-state index contributed by atoms with van der Waals surface area (Å²) in [4.78, 5) is 12.5. The van der Waals surface area contributed by atoms with E-state index >= 15 is 0 Å². The Hall–Kier alpha value is -2.08. The third kappa shape index (κ3) is 4.47. The van der Waals surface area contributed by atoms with Crippen LogP contribution in [0, 0.1) is 5.92 Å². The van der Waals surface area contributed by atoms with Crippen molar-refractivity contribution in [1.82, 2.24) is 15.1 Å². The second-order valence-electron chi connectivity index (χ2n) is 6.58. The molecule has 1 amide bonds. The van der Waals surface area contributed by atoms with Gasteiger partial charge in [-0.15, -0.1) is 0 Å². The van der Waals surface area contributed by atoms with E-state index in [-0.39, 0.29) is 11.9 Å². The van der Waals surface area contributed by atoms with Crippen LogP contribution >= 0.6 is 0 Å². The minimum Gasteiger partial charge on any atom is -0.467 e. The summed E-state index contributed by atoms with van der Waals surface area (Å²) >= 11 is 0. The molecule has 2 heterocycles. The molecule has 24 heavy (non-hydrogen) atoms. The number of amides is 1. The van der Waals surface area contributed by atoms with Gasteiger partial charge >= 0.3 is 0 Å². The summed E-state index contributed by atoms with van der Waals surface area (Å²) < 4.78 is 7.09. The third-order valence-corrected chi connectivity index (χ3v) is 3.89. The Bertz CT molecular complexity index is 647. The summed E-state index contributed by atoms with van der Waals surface area (Å²) in [6, 6.07) is 3.28. The summed E-state index contributed by atoms with van der Waals surface area (Å²) in [7, 11) is 0. The lowest BCUT2D eigenvalue weighted by Crippen LogP contribution is -2.34. The van der Waals surface area contributed by atoms with Crippen LogP contribution in [0.3, 0.4) is 0 Å². The van der Waals surface area contributed by atoms with Gasteiger partial charge in [-0.3, -0.25) is 9.48 Å². The Balaban J connectivity index is 2.00. The van der Waals surface area contributed by atoms with Crippen molar-refractivity contribution in [2.45, 2.75) is 59.2 Å². The van der Waals surface area contributed by atoms with Crippen molar-refractivity contribution in [2.75, 3.05) is 0 Å². The number of hydrogen-bond donors (Lipinski definition) is 2. The third-order valence-electron chi connectivity index (χ3n) is 3.89. The molecule has 0 aromatic carbocycles. The number of nitrogens with one attached hydrogen (secondary N) is 1. The van der Waals surface area contributed by atoms with Crippen molar-refractivity contribution in [3.8, 4) is 0 Å². The van der Waals surface area contributed by atoms with Crippen molar-refractivity contribution in [2.24, 2.45) is 5.92 Å². The number of hydrogen-bond acceptors (Lipinski definition) is 4. The maximum Gasteiger partial charge on any atom is 0.254 e. The van der Waals surface area contributed by atoms with E-state index in [1.54, 1.807) is 18.3 Å². The first-order chi connectivity index (χ1) is 11.4. The maximum atomic E-state index is 12.5. The van der Waals surface area contributed by atoms with Gasteiger partial charge in [0.15, 0.2) is 0 Å². The van der Waals surface area contributed by atoms with Crippen LogP contribution in [0.2, 0.25) is 0 Å². The molecule has 0 fully saturated rings. The van der Waals surface area contributed by atoms with Gasteiger partial charge in [0.1, 0.15) is 11.9 Å². The van der Waals surface area contributed by atoms with Crippen LogP contribution < -0.4 is 5.32 Å². The maximum absolute atomic E-state index is 12.5. The summed E-state index contributed by atoms with van der Waals surface area (Å²) in [6.07, 6.45) is 3.56. The quantitative estimate of drug-likeness (QED) is 0.778. The average molecular weight is 333 g/mol. The Kier molecular flexibility index (Phi) is 6.20. The Morgan fingerprint density at radius 3 is 2.75 bits per heavy atom. The highest BCUT2D eigenvalue weighted by Crippen LogP contribution is 2.19. The summed E-state index contributed by atoms with van der Waals surface area (Å²) in [5.41, 5.74) is 1.55. The number of nitrogens with zero attached hydrogens (tertiary/aromatic N) is 2. The van der Waals surface area contributed by atoms with Gasteiger partial charge in [0.2, 0.25) is 0 Å². The van der Waals surface area contributed by atoms with E-state index in [1.807, 2.05) is 18.5 Å². The smallest absolute Gasteiger partial charge is 0.254 e. The van der Waals surface area contributed by atoms with Crippen molar-refractivity contribution in [1.29, 1.82) is 0 Å². The molecule has 0 saturated carbocycles. The van der Waals surface area contributed by atoms with E-state index in [2.05, 4.69) is 24.3 Å². The normalized spacial score (nSPS) is 13.9. The molecule has 2 N–H and O–H groups in total. The second-order valence-corrected chi connectivity index (χ2v) is 6.58. The minimum atomic E-state index is -0.732. The Morgan fingerprint density at radius 1 is 1.42 bits per heavy atom. The molecule has 0 spiro atoms. The van der Waals surface area contributed by atoms with E-state index in [4.69, 9.17) is 4.42 Å². The van der Waals surface area contributed by atoms with E-state index in [9.17, 15) is 9.90 Å². The number of furan rings is 1. The molecule has 0 radical (unpaired) electrons. The average Bonchev–Trinajstić information content (AvgIpc) is 3.15. The molecule has 0 aliphatic rings. The molecular weight excluding hydrogens is 306 g/mol. The van der Waals surface area contributed by atoms with Gasteiger partial charge in [0.05, 0.1) is 23.7 Å². The van der Waals surface area contributed by atoms with Gasteiger partial charge < -0.3 is 14.8 Å². The van der Waals surface area contributed by atoms with E-state index in [0.717, 1.165) is 18.7 Å². The summed E-state index contributed by atoms with van der Waals surface area (Å²) in [6.45, 7) is 8.93. The molecule has 132 valence electrons. The zero-order valence-electron chi connectivity index (χ0n) is 14.8. The molecule has 6 heteroatoms. The number of rotatable bonds is 8. The van der Waals surface area contributed by atoms with Crippen molar-refractivity contribution in [3.63, 3.8) is 0 Å². The molecule has 2 aromatic rings. The molecule has 0 aliphatic carbocycles. The monoisotopic (exact) mass is 333 g/mol. The van der Waals surface area contributed by atoms with Gasteiger partial charge in [0, 0.05) is 19.0 Å². The fourth-order valence-corrected chi connectivity index (χ4v) is 2.77. The Morgan fingerprint density at radius 2 is 2.17 bits per heavy atom. The molecular formula is C18H27N3O3. The van der Waals surface area contributed by atoms with Gasteiger partial charge in [-0.2, -0.15) is 5.10 Å². The van der Waals surface area contributed by atoms with Crippen molar-refractivity contribution in [3.05, 3.63) is 41.6 Å². The molecule has 0 aliphatic heterocycles. The van der Waals surface area contributed by atoms with E-state index in [1.165, 1.54) is 6.26 Å². The summed E-state index contributed by atoms with van der Waals surface area (Å²) in [5, 5.41) is 17.4. The minimum absolute atomic E-state index is 0.152. The first-order valence-corrected chi connectivity index (χ1v) is 8.49. The molecule has 6 nitrogen and oxygen atoms in total. The second kappa shape index (κ2) is 8.15. The highest BCUT2D eigenvalue weighted by atomic mass is 16.4. The van der Waals surface area contributed by atoms with Crippen LogP contribution in [0.1, 0.15) is 62.0 Å². The fourth-order valence-electron chi connectivity index (χ4n) is 2.77. The highest BCUT2D eigenvalue weighted by molar-refractivity contribution is 5.95. The number of aliphatic hydroxyl groups is 1. The highest BCUT2D eigenvalue weighted by Gasteiger charge is 2.20. The molecule has 2 unspecified atom stereocenters. The first-order valence-electron chi connectivity index (χ1n) is 8.49.